The Bertz CT molecular complexity index is 1460. The van der Waals surface area contributed by atoms with E-state index in [4.69, 9.17) is 18.9 Å². The lowest BCUT2D eigenvalue weighted by molar-refractivity contribution is -0.141. The molecule has 1 saturated carbocycles. The summed E-state index contributed by atoms with van der Waals surface area (Å²) < 4.78 is 22.9. The first-order valence-corrected chi connectivity index (χ1v) is 16.0. The Labute approximate surface area is 264 Å². The number of methoxy groups -OCH3 is 2. The molecule has 2 saturated heterocycles. The van der Waals surface area contributed by atoms with Crippen LogP contribution in [-0.4, -0.2) is 73.8 Å². The second-order valence-electron chi connectivity index (χ2n) is 12.5. The predicted octanol–water partition coefficient (Wildman–Crippen LogP) is 4.13. The van der Waals surface area contributed by atoms with Gasteiger partial charge in [0.25, 0.3) is 0 Å². The van der Waals surface area contributed by atoms with E-state index in [1.807, 2.05) is 37.3 Å². The number of nitrogens with one attached hydrogen (secondary N) is 2. The number of carbonyl (C=O) groups excluding carboxylic acids is 3. The van der Waals surface area contributed by atoms with Crippen molar-refractivity contribution >= 4 is 23.4 Å². The van der Waals surface area contributed by atoms with Crippen LogP contribution in [0.15, 0.2) is 54.6 Å². The molecule has 45 heavy (non-hydrogen) atoms. The number of likely N-dealkylation sites (tertiary alicyclic amines) is 1. The largest absolute Gasteiger partial charge is 0.494 e. The average molecular weight is 618 g/mol. The molecule has 4 aliphatic rings. The zero-order valence-electron chi connectivity index (χ0n) is 26.4. The molecule has 240 valence electrons. The highest BCUT2D eigenvalue weighted by atomic mass is 16.5. The Balaban J connectivity index is 1.27. The van der Waals surface area contributed by atoms with Gasteiger partial charge in [-0.2, -0.15) is 0 Å². The summed E-state index contributed by atoms with van der Waals surface area (Å²) in [6.07, 6.45) is 7.74. The molecular formula is C35H43N3O7. The minimum atomic E-state index is -1.22. The molecular weight excluding hydrogens is 574 g/mol. The van der Waals surface area contributed by atoms with E-state index in [9.17, 15) is 14.4 Å². The average Bonchev–Trinajstić information content (AvgIpc) is 3.69. The molecule has 0 radical (unpaired) electrons. The first kappa shape index (κ1) is 31.0. The van der Waals surface area contributed by atoms with Crippen molar-refractivity contribution in [3.8, 4) is 17.2 Å². The molecule has 0 aromatic heterocycles. The van der Waals surface area contributed by atoms with Gasteiger partial charge < -0.3 is 34.5 Å². The molecule has 3 heterocycles. The molecule has 2 N–H and O–H groups in total. The summed E-state index contributed by atoms with van der Waals surface area (Å²) >= 11 is 0. The normalized spacial score (nSPS) is 29.8. The number of fused-ring (bicyclic) bond motifs is 1. The van der Waals surface area contributed by atoms with Gasteiger partial charge in [0.15, 0.2) is 11.5 Å². The van der Waals surface area contributed by atoms with Gasteiger partial charge in [-0.25, -0.2) is 0 Å². The monoisotopic (exact) mass is 617 g/mol. The van der Waals surface area contributed by atoms with Crippen LogP contribution >= 0.6 is 0 Å². The first-order valence-electron chi connectivity index (χ1n) is 16.0. The summed E-state index contributed by atoms with van der Waals surface area (Å²) in [5.41, 5.74) is 0.309. The van der Waals surface area contributed by atoms with Crippen LogP contribution in [0.1, 0.15) is 45.1 Å². The van der Waals surface area contributed by atoms with Crippen molar-refractivity contribution in [2.24, 2.45) is 17.8 Å². The van der Waals surface area contributed by atoms with Crippen LogP contribution in [0.5, 0.6) is 17.2 Å². The van der Waals surface area contributed by atoms with Crippen molar-refractivity contribution in [1.82, 2.24) is 10.2 Å². The maximum Gasteiger partial charge on any atom is 0.246 e. The predicted molar refractivity (Wildman–Crippen MR) is 168 cm³/mol. The minimum Gasteiger partial charge on any atom is -0.494 e. The summed E-state index contributed by atoms with van der Waals surface area (Å²) in [4.78, 5) is 44.0. The van der Waals surface area contributed by atoms with Crippen molar-refractivity contribution in [1.29, 1.82) is 0 Å². The third-order valence-electron chi connectivity index (χ3n) is 9.89. The van der Waals surface area contributed by atoms with E-state index in [1.165, 1.54) is 0 Å². The molecule has 7 atom stereocenters. The smallest absolute Gasteiger partial charge is 0.246 e. The maximum atomic E-state index is 14.4. The van der Waals surface area contributed by atoms with Gasteiger partial charge >= 0.3 is 0 Å². The first-order chi connectivity index (χ1) is 21.8. The van der Waals surface area contributed by atoms with E-state index < -0.39 is 29.6 Å². The molecule has 3 aliphatic heterocycles. The lowest BCUT2D eigenvalue weighted by Crippen LogP contribution is -2.57. The molecule has 0 unspecified atom stereocenters. The van der Waals surface area contributed by atoms with Crippen LogP contribution in [0.4, 0.5) is 5.69 Å². The summed E-state index contributed by atoms with van der Waals surface area (Å²) in [6, 6.07) is 11.9. The van der Waals surface area contributed by atoms with Crippen molar-refractivity contribution < 1.29 is 33.3 Å². The number of amides is 3. The summed E-state index contributed by atoms with van der Waals surface area (Å²) in [7, 11) is 3.16. The number of anilines is 1. The van der Waals surface area contributed by atoms with Gasteiger partial charge in [0.2, 0.25) is 17.7 Å². The zero-order chi connectivity index (χ0) is 31.7. The van der Waals surface area contributed by atoms with E-state index in [0.29, 0.717) is 41.9 Å². The van der Waals surface area contributed by atoms with Gasteiger partial charge in [0.1, 0.15) is 17.4 Å². The molecule has 10 nitrogen and oxygen atoms in total. The Morgan fingerprint density at radius 1 is 1.02 bits per heavy atom. The molecule has 3 amide bonds. The van der Waals surface area contributed by atoms with Crippen LogP contribution in [0.2, 0.25) is 0 Å². The summed E-state index contributed by atoms with van der Waals surface area (Å²) in [5, 5.41) is 6.26. The van der Waals surface area contributed by atoms with Gasteiger partial charge in [-0.3, -0.25) is 14.4 Å². The van der Waals surface area contributed by atoms with Gasteiger partial charge in [-0.15, -0.1) is 0 Å². The lowest BCUT2D eigenvalue weighted by Gasteiger charge is -2.36. The zero-order valence-corrected chi connectivity index (χ0v) is 26.4. The van der Waals surface area contributed by atoms with E-state index in [1.54, 1.807) is 43.4 Å². The summed E-state index contributed by atoms with van der Waals surface area (Å²) in [5.74, 6) is -0.117. The van der Waals surface area contributed by atoms with Crippen LogP contribution in [-0.2, 0) is 25.5 Å². The second kappa shape index (κ2) is 12.7. The van der Waals surface area contributed by atoms with Gasteiger partial charge in [-0.05, 0) is 74.1 Å². The molecule has 1 spiro atoms. The number of benzene rings is 2. The molecule has 2 aromatic carbocycles. The van der Waals surface area contributed by atoms with Gasteiger partial charge in [-0.1, -0.05) is 38.0 Å². The van der Waals surface area contributed by atoms with E-state index in [0.717, 1.165) is 31.2 Å². The van der Waals surface area contributed by atoms with Crippen molar-refractivity contribution in [3.05, 3.63) is 60.2 Å². The van der Waals surface area contributed by atoms with E-state index in [-0.39, 0.29) is 30.3 Å². The Morgan fingerprint density at radius 3 is 2.49 bits per heavy atom. The van der Waals surface area contributed by atoms with Crippen LogP contribution in [0.3, 0.4) is 0 Å². The van der Waals surface area contributed by atoms with E-state index >= 15 is 0 Å². The fourth-order valence-electron chi connectivity index (χ4n) is 7.61. The van der Waals surface area contributed by atoms with Crippen molar-refractivity contribution in [2.75, 3.05) is 32.7 Å². The van der Waals surface area contributed by atoms with Crippen LogP contribution < -0.4 is 24.8 Å². The summed E-state index contributed by atoms with van der Waals surface area (Å²) in [6.45, 7) is 4.90. The molecule has 10 heteroatoms. The highest BCUT2D eigenvalue weighted by Gasteiger charge is 2.72. The third-order valence-corrected chi connectivity index (χ3v) is 9.89. The van der Waals surface area contributed by atoms with Gasteiger partial charge in [0.05, 0.1) is 38.8 Å². The number of hydrogen-bond acceptors (Lipinski definition) is 7. The van der Waals surface area contributed by atoms with Crippen LogP contribution in [0.25, 0.3) is 0 Å². The molecule has 3 fully saturated rings. The Kier molecular flexibility index (Phi) is 8.77. The standard InChI is InChI=1S/C35H43N3O7/c1-5-44-24-13-11-23(12-14-24)36-32(39)29-27-16-18-35(45-27)30(29)34(41)38(19-17-22-10-15-26(42-3)28(20-22)43-4)31(35)33(40)37-25-9-7-6-8-21(25)2/h10-16,18,20-21,25,27,29-31H,5-9,17,19H2,1-4H3,(H,36,39)(H,37,40)/t21-,25-,27+,29-,30+,31+,35+/m0/s1. The molecule has 2 bridgehead atoms. The topological polar surface area (TPSA) is 115 Å². The third kappa shape index (κ3) is 5.65. The van der Waals surface area contributed by atoms with Gasteiger partial charge in [0, 0.05) is 18.3 Å². The number of rotatable bonds is 11. The number of carbonyl (C=O) groups is 3. The van der Waals surface area contributed by atoms with Crippen LogP contribution in [0, 0.1) is 17.8 Å². The minimum absolute atomic E-state index is 0.0332. The van der Waals surface area contributed by atoms with E-state index in [2.05, 4.69) is 17.6 Å². The number of nitrogens with zero attached hydrogens (tertiary/aromatic N) is 1. The Morgan fingerprint density at radius 2 is 1.78 bits per heavy atom. The van der Waals surface area contributed by atoms with Crippen molar-refractivity contribution in [3.63, 3.8) is 0 Å². The Hall–Kier alpha value is -4.05. The molecule has 2 aromatic rings. The lowest BCUT2D eigenvalue weighted by atomic mass is 9.74. The fourth-order valence-corrected chi connectivity index (χ4v) is 7.61. The quantitative estimate of drug-likeness (QED) is 0.365. The number of ether oxygens (including phenoxy) is 4. The highest BCUT2D eigenvalue weighted by molar-refractivity contribution is 6.02. The maximum absolute atomic E-state index is 14.4. The highest BCUT2D eigenvalue weighted by Crippen LogP contribution is 2.55. The fraction of sp³-hybridized carbons (Fsp3) is 0.514. The second-order valence-corrected chi connectivity index (χ2v) is 12.5. The number of hydrogen-bond donors (Lipinski definition) is 2. The van der Waals surface area contributed by atoms with Crippen molar-refractivity contribution in [2.45, 2.75) is 69.7 Å². The SMILES string of the molecule is CCOc1ccc(NC(=O)[C@H]2[C@H]3C=C[C@@]4(O3)[C@H]2C(=O)N(CCc2ccc(OC)c(OC)c2)[C@@H]4C(=O)N[C@H]2CCCC[C@@H]2C)cc1. The molecule has 6 rings (SSSR count). The molecule has 1 aliphatic carbocycles.